The van der Waals surface area contributed by atoms with Crippen molar-refractivity contribution in [2.75, 3.05) is 18.1 Å². The average Bonchev–Trinajstić information content (AvgIpc) is 2.67. The Labute approximate surface area is 81.6 Å². The number of nitrogen functional groups attached to an aromatic ring is 2. The molecule has 0 aliphatic rings. The minimum atomic E-state index is 0.490. The normalized spacial score (nSPS) is 10.9. The zero-order valence-electron chi connectivity index (χ0n) is 8.08. The highest BCUT2D eigenvalue weighted by atomic mass is 16.7. The van der Waals surface area contributed by atoms with E-state index in [2.05, 4.69) is 11.9 Å². The quantitative estimate of drug-likeness (QED) is 0.681. The number of H-pyrrole nitrogens is 1. The van der Waals surface area contributed by atoms with Crippen LogP contribution in [0.3, 0.4) is 0 Å². The van der Waals surface area contributed by atoms with Crippen LogP contribution in [-0.4, -0.2) is 16.3 Å². The molecule has 0 aliphatic carbocycles. The number of hydrogen-bond acceptors (Lipinski definition) is 3. The van der Waals surface area contributed by atoms with E-state index in [9.17, 15) is 0 Å². The first-order valence-corrected chi connectivity index (χ1v) is 4.61. The standard InChI is InChI=1S/C9H14N4O/c1-2-5-14-13-4-3-6-7(10)8(11)12-9(6)13/h3-4,12H,2,5,10-11H2,1H3. The highest BCUT2D eigenvalue weighted by molar-refractivity contribution is 5.96. The molecule has 0 aromatic carbocycles. The lowest BCUT2D eigenvalue weighted by molar-refractivity contribution is 0.119. The van der Waals surface area contributed by atoms with E-state index < -0.39 is 0 Å². The predicted molar refractivity (Wildman–Crippen MR) is 56.9 cm³/mol. The highest BCUT2D eigenvalue weighted by Crippen LogP contribution is 2.26. The van der Waals surface area contributed by atoms with Gasteiger partial charge in [0.1, 0.15) is 12.4 Å². The molecule has 76 valence electrons. The number of aromatic amines is 1. The third-order valence-corrected chi connectivity index (χ3v) is 2.12. The van der Waals surface area contributed by atoms with Crippen LogP contribution in [-0.2, 0) is 0 Å². The number of aromatic nitrogens is 2. The molecule has 5 N–H and O–H groups in total. The zero-order chi connectivity index (χ0) is 10.1. The third-order valence-electron chi connectivity index (χ3n) is 2.12. The molecule has 0 unspecified atom stereocenters. The van der Waals surface area contributed by atoms with Crippen molar-refractivity contribution < 1.29 is 4.84 Å². The Morgan fingerprint density at radius 1 is 1.50 bits per heavy atom. The smallest absolute Gasteiger partial charge is 0.157 e. The van der Waals surface area contributed by atoms with Gasteiger partial charge in [-0.05, 0) is 12.5 Å². The van der Waals surface area contributed by atoms with Gasteiger partial charge in [-0.15, -0.1) is 0 Å². The van der Waals surface area contributed by atoms with Crippen molar-refractivity contribution in [3.8, 4) is 0 Å². The molecule has 0 radical (unpaired) electrons. The molecule has 2 rings (SSSR count). The van der Waals surface area contributed by atoms with E-state index in [4.69, 9.17) is 16.3 Å². The molecule has 0 aliphatic heterocycles. The van der Waals surface area contributed by atoms with Gasteiger partial charge in [0.2, 0.25) is 0 Å². The largest absolute Gasteiger partial charge is 0.412 e. The SMILES string of the molecule is CCCOn1ccc2c(N)c(N)[nH]c21. The van der Waals surface area contributed by atoms with Crippen LogP contribution < -0.4 is 16.3 Å². The topological polar surface area (TPSA) is 82.0 Å². The van der Waals surface area contributed by atoms with E-state index in [-0.39, 0.29) is 0 Å². The minimum Gasteiger partial charge on any atom is -0.412 e. The summed E-state index contributed by atoms with van der Waals surface area (Å²) in [6.45, 7) is 2.72. The number of nitrogens with one attached hydrogen (secondary N) is 1. The summed E-state index contributed by atoms with van der Waals surface area (Å²) < 4.78 is 1.66. The van der Waals surface area contributed by atoms with Crippen molar-refractivity contribution in [3.63, 3.8) is 0 Å². The van der Waals surface area contributed by atoms with Gasteiger partial charge in [-0.3, -0.25) is 0 Å². The first-order chi connectivity index (χ1) is 6.74. The van der Waals surface area contributed by atoms with E-state index in [0.29, 0.717) is 18.1 Å². The molecule has 0 saturated heterocycles. The maximum Gasteiger partial charge on any atom is 0.157 e. The van der Waals surface area contributed by atoms with Gasteiger partial charge >= 0.3 is 0 Å². The van der Waals surface area contributed by atoms with E-state index >= 15 is 0 Å². The van der Waals surface area contributed by atoms with Gasteiger partial charge in [-0.1, -0.05) is 6.92 Å². The monoisotopic (exact) mass is 194 g/mol. The lowest BCUT2D eigenvalue weighted by atomic mass is 10.3. The van der Waals surface area contributed by atoms with E-state index in [1.54, 1.807) is 4.73 Å². The molecular formula is C9H14N4O. The van der Waals surface area contributed by atoms with Crippen LogP contribution in [0.4, 0.5) is 11.5 Å². The summed E-state index contributed by atoms with van der Waals surface area (Å²) in [7, 11) is 0. The lowest BCUT2D eigenvalue weighted by Crippen LogP contribution is -2.10. The van der Waals surface area contributed by atoms with Crippen LogP contribution in [0.5, 0.6) is 0 Å². The molecule has 0 spiro atoms. The molecule has 2 aromatic rings. The summed E-state index contributed by atoms with van der Waals surface area (Å²) in [5.74, 6) is 0.490. The minimum absolute atomic E-state index is 0.490. The van der Waals surface area contributed by atoms with Crippen LogP contribution >= 0.6 is 0 Å². The summed E-state index contributed by atoms with van der Waals surface area (Å²) >= 11 is 0. The van der Waals surface area contributed by atoms with E-state index in [1.165, 1.54) is 0 Å². The molecular weight excluding hydrogens is 180 g/mol. The summed E-state index contributed by atoms with van der Waals surface area (Å²) in [4.78, 5) is 8.43. The van der Waals surface area contributed by atoms with E-state index in [1.807, 2.05) is 12.3 Å². The third kappa shape index (κ3) is 1.17. The molecule has 0 saturated carbocycles. The number of rotatable bonds is 3. The van der Waals surface area contributed by atoms with Gasteiger partial charge in [0.15, 0.2) is 5.65 Å². The maximum absolute atomic E-state index is 5.76. The van der Waals surface area contributed by atoms with Crippen molar-refractivity contribution in [1.82, 2.24) is 9.71 Å². The fourth-order valence-corrected chi connectivity index (χ4v) is 1.39. The number of nitrogens with two attached hydrogens (primary N) is 2. The van der Waals surface area contributed by atoms with Crippen molar-refractivity contribution in [1.29, 1.82) is 0 Å². The molecule has 14 heavy (non-hydrogen) atoms. The molecule has 0 bridgehead atoms. The first-order valence-electron chi connectivity index (χ1n) is 4.61. The Hall–Kier alpha value is -1.78. The molecule has 0 atom stereocenters. The lowest BCUT2D eigenvalue weighted by Gasteiger charge is -2.04. The van der Waals surface area contributed by atoms with E-state index in [0.717, 1.165) is 17.5 Å². The Kier molecular flexibility index (Phi) is 1.99. The summed E-state index contributed by atoms with van der Waals surface area (Å²) in [5.41, 5.74) is 12.8. The van der Waals surface area contributed by atoms with Gasteiger partial charge in [-0.2, -0.15) is 4.73 Å². The summed E-state index contributed by atoms with van der Waals surface area (Å²) in [6, 6.07) is 1.88. The number of anilines is 2. The van der Waals surface area contributed by atoms with Crippen LogP contribution in [0.25, 0.3) is 11.0 Å². The molecule has 5 heteroatoms. The Morgan fingerprint density at radius 2 is 2.29 bits per heavy atom. The average molecular weight is 194 g/mol. The second-order valence-corrected chi connectivity index (χ2v) is 3.19. The Morgan fingerprint density at radius 3 is 3.00 bits per heavy atom. The first kappa shape index (κ1) is 8.80. The summed E-state index contributed by atoms with van der Waals surface area (Å²) in [6.07, 6.45) is 2.79. The fraction of sp³-hybridized carbons (Fsp3) is 0.333. The maximum atomic E-state index is 5.76. The van der Waals surface area contributed by atoms with Crippen LogP contribution in [0.15, 0.2) is 12.3 Å². The molecule has 2 heterocycles. The highest BCUT2D eigenvalue weighted by Gasteiger charge is 2.09. The van der Waals surface area contributed by atoms with Gasteiger partial charge in [0.25, 0.3) is 0 Å². The van der Waals surface area contributed by atoms with Gasteiger partial charge in [0.05, 0.1) is 5.69 Å². The van der Waals surface area contributed by atoms with Crippen LogP contribution in [0, 0.1) is 0 Å². The Bertz CT molecular complexity index is 443. The van der Waals surface area contributed by atoms with Crippen molar-refractivity contribution >= 4 is 22.5 Å². The zero-order valence-corrected chi connectivity index (χ0v) is 8.08. The van der Waals surface area contributed by atoms with Crippen molar-refractivity contribution in [2.24, 2.45) is 0 Å². The molecule has 0 amide bonds. The fourth-order valence-electron chi connectivity index (χ4n) is 1.39. The van der Waals surface area contributed by atoms with Crippen LogP contribution in [0.2, 0.25) is 0 Å². The summed E-state index contributed by atoms with van der Waals surface area (Å²) in [5, 5.41) is 0.901. The van der Waals surface area contributed by atoms with Gasteiger partial charge in [-0.25, -0.2) is 0 Å². The second-order valence-electron chi connectivity index (χ2n) is 3.19. The molecule has 5 nitrogen and oxygen atoms in total. The number of nitrogens with zero attached hydrogens (tertiary/aromatic N) is 1. The van der Waals surface area contributed by atoms with Crippen molar-refractivity contribution in [2.45, 2.75) is 13.3 Å². The van der Waals surface area contributed by atoms with Gasteiger partial charge < -0.3 is 21.3 Å². The second kappa shape index (κ2) is 3.17. The molecule has 2 aromatic heterocycles. The number of fused-ring (bicyclic) bond motifs is 1. The number of hydrogen-bond donors (Lipinski definition) is 3. The van der Waals surface area contributed by atoms with Crippen molar-refractivity contribution in [3.05, 3.63) is 12.3 Å². The van der Waals surface area contributed by atoms with Crippen LogP contribution in [0.1, 0.15) is 13.3 Å². The predicted octanol–water partition coefficient (Wildman–Crippen LogP) is 0.972. The molecule has 0 fully saturated rings. The van der Waals surface area contributed by atoms with Gasteiger partial charge in [0, 0.05) is 11.6 Å². The Balaban J connectivity index is 2.42.